The molecule has 0 amide bonds. The molecule has 25 heavy (non-hydrogen) atoms. The molecule has 1 aromatic carbocycles. The van der Waals surface area contributed by atoms with Gasteiger partial charge in [-0.3, -0.25) is 9.89 Å². The average molecular weight is 347 g/mol. The van der Waals surface area contributed by atoms with Gasteiger partial charge in [-0.2, -0.15) is 0 Å². The normalized spacial score (nSPS) is 15.0. The predicted octanol–water partition coefficient (Wildman–Crippen LogP) is 2.45. The number of nitrogens with zero attached hydrogens (tertiary/aromatic N) is 2. The topological polar surface area (TPSA) is 48.9 Å². The second kappa shape index (κ2) is 10.3. The minimum atomic E-state index is 0.460. The molecule has 1 aliphatic heterocycles. The van der Waals surface area contributed by atoms with Crippen LogP contribution in [0.5, 0.6) is 5.75 Å². The van der Waals surface area contributed by atoms with Crippen molar-refractivity contribution >= 4 is 5.96 Å². The Hall–Kier alpha value is -1.75. The Morgan fingerprint density at radius 1 is 1.24 bits per heavy atom. The zero-order chi connectivity index (χ0) is 18.1. The van der Waals surface area contributed by atoms with Crippen LogP contribution in [-0.2, 0) is 12.8 Å². The highest BCUT2D eigenvalue weighted by Gasteiger charge is 2.12. The van der Waals surface area contributed by atoms with Crippen LogP contribution in [0.2, 0.25) is 0 Å². The quantitative estimate of drug-likeness (QED) is 0.533. The molecule has 0 spiro atoms. The summed E-state index contributed by atoms with van der Waals surface area (Å²) in [6.07, 6.45) is 2.02. The number of nitrogens with one attached hydrogen (secondary N) is 2. The summed E-state index contributed by atoms with van der Waals surface area (Å²) in [4.78, 5) is 7.18. The van der Waals surface area contributed by atoms with E-state index in [9.17, 15) is 0 Å². The summed E-state index contributed by atoms with van der Waals surface area (Å²) in [6, 6.07) is 7.00. The lowest BCUT2D eigenvalue weighted by molar-refractivity contribution is 0.237. The average Bonchev–Trinajstić information content (AvgIpc) is 3.08. The molecule has 2 N–H and O–H groups in total. The second-order valence-electron chi connectivity index (χ2n) is 6.51. The molecule has 5 nitrogen and oxygen atoms in total. The number of likely N-dealkylation sites (N-methyl/N-ethyl adjacent to an activating group) is 1. The molecule has 1 unspecified atom stereocenters. The number of benzene rings is 1. The van der Waals surface area contributed by atoms with Gasteiger partial charge in [0, 0.05) is 25.6 Å². The fourth-order valence-corrected chi connectivity index (χ4v) is 3.25. The van der Waals surface area contributed by atoms with Crippen LogP contribution < -0.4 is 15.4 Å². The molecular weight excluding hydrogens is 312 g/mol. The number of hydrogen-bond donors (Lipinski definition) is 2. The SMILES string of the molecule is CCNC(=NCC(C)N(CC)CC)NCCc1ccc2c(c1)CCO2. The number of rotatable bonds is 9. The highest BCUT2D eigenvalue weighted by Crippen LogP contribution is 2.25. The largest absolute Gasteiger partial charge is 0.493 e. The van der Waals surface area contributed by atoms with Crippen LogP contribution in [0.4, 0.5) is 0 Å². The van der Waals surface area contributed by atoms with Crippen LogP contribution in [-0.4, -0.2) is 56.2 Å². The van der Waals surface area contributed by atoms with Gasteiger partial charge in [0.25, 0.3) is 0 Å². The predicted molar refractivity (Wildman–Crippen MR) is 106 cm³/mol. The summed E-state index contributed by atoms with van der Waals surface area (Å²) in [5.41, 5.74) is 2.69. The molecule has 0 radical (unpaired) electrons. The van der Waals surface area contributed by atoms with Crippen molar-refractivity contribution in [2.45, 2.75) is 46.6 Å². The standard InChI is InChI=1S/C20H34N4O/c1-5-21-20(23-15-16(4)24(6-2)7-3)22-12-10-17-8-9-19-18(14-17)11-13-25-19/h8-9,14,16H,5-7,10-13,15H2,1-4H3,(H2,21,22,23). The fourth-order valence-electron chi connectivity index (χ4n) is 3.25. The van der Waals surface area contributed by atoms with Gasteiger partial charge in [-0.15, -0.1) is 0 Å². The van der Waals surface area contributed by atoms with Crippen molar-refractivity contribution in [3.05, 3.63) is 29.3 Å². The van der Waals surface area contributed by atoms with E-state index in [0.29, 0.717) is 6.04 Å². The lowest BCUT2D eigenvalue weighted by Crippen LogP contribution is -2.40. The van der Waals surface area contributed by atoms with E-state index in [1.165, 1.54) is 11.1 Å². The number of aliphatic imine (C=N–C) groups is 1. The first-order valence-corrected chi connectivity index (χ1v) is 9.68. The van der Waals surface area contributed by atoms with Gasteiger partial charge in [-0.25, -0.2) is 0 Å². The second-order valence-corrected chi connectivity index (χ2v) is 6.51. The van der Waals surface area contributed by atoms with Crippen molar-refractivity contribution in [1.82, 2.24) is 15.5 Å². The zero-order valence-electron chi connectivity index (χ0n) is 16.3. The van der Waals surface area contributed by atoms with Gasteiger partial charge in [0.1, 0.15) is 5.75 Å². The van der Waals surface area contributed by atoms with E-state index in [0.717, 1.165) is 63.9 Å². The number of hydrogen-bond acceptors (Lipinski definition) is 3. The summed E-state index contributed by atoms with van der Waals surface area (Å²) >= 11 is 0. The van der Waals surface area contributed by atoms with Crippen molar-refractivity contribution in [3.63, 3.8) is 0 Å². The maximum Gasteiger partial charge on any atom is 0.191 e. The van der Waals surface area contributed by atoms with Crippen LogP contribution in [0.15, 0.2) is 23.2 Å². The molecule has 0 saturated carbocycles. The summed E-state index contributed by atoms with van der Waals surface area (Å²) in [5, 5.41) is 6.80. The molecule has 0 fully saturated rings. The third kappa shape index (κ3) is 5.92. The monoisotopic (exact) mass is 346 g/mol. The van der Waals surface area contributed by atoms with E-state index in [4.69, 9.17) is 9.73 Å². The van der Waals surface area contributed by atoms with Crippen molar-refractivity contribution in [3.8, 4) is 5.75 Å². The minimum Gasteiger partial charge on any atom is -0.493 e. The van der Waals surface area contributed by atoms with Gasteiger partial charge in [-0.1, -0.05) is 26.0 Å². The summed E-state index contributed by atoms with van der Waals surface area (Å²) in [6.45, 7) is 14.3. The molecule has 1 aliphatic rings. The van der Waals surface area contributed by atoms with Crippen molar-refractivity contribution in [2.75, 3.05) is 39.3 Å². The molecule has 0 saturated heterocycles. The van der Waals surface area contributed by atoms with Gasteiger partial charge >= 0.3 is 0 Å². The lowest BCUT2D eigenvalue weighted by Gasteiger charge is -2.25. The molecule has 0 aromatic heterocycles. The van der Waals surface area contributed by atoms with E-state index >= 15 is 0 Å². The number of guanidine groups is 1. The molecule has 140 valence electrons. The van der Waals surface area contributed by atoms with Crippen LogP contribution in [0, 0.1) is 0 Å². The summed E-state index contributed by atoms with van der Waals surface area (Å²) in [5.74, 6) is 1.96. The van der Waals surface area contributed by atoms with Gasteiger partial charge in [0.15, 0.2) is 5.96 Å². The van der Waals surface area contributed by atoms with Crippen LogP contribution in [0.1, 0.15) is 38.8 Å². The van der Waals surface area contributed by atoms with E-state index < -0.39 is 0 Å². The molecular formula is C20H34N4O. The molecule has 1 aromatic rings. The van der Waals surface area contributed by atoms with Crippen LogP contribution in [0.25, 0.3) is 0 Å². The third-order valence-corrected chi connectivity index (χ3v) is 4.75. The fraction of sp³-hybridized carbons (Fsp3) is 0.650. The highest BCUT2D eigenvalue weighted by atomic mass is 16.5. The van der Waals surface area contributed by atoms with E-state index in [1.54, 1.807) is 0 Å². The van der Waals surface area contributed by atoms with Crippen LogP contribution >= 0.6 is 0 Å². The van der Waals surface area contributed by atoms with Crippen LogP contribution in [0.3, 0.4) is 0 Å². The Kier molecular flexibility index (Phi) is 8.06. The third-order valence-electron chi connectivity index (χ3n) is 4.75. The summed E-state index contributed by atoms with van der Waals surface area (Å²) < 4.78 is 5.57. The Bertz CT molecular complexity index is 555. The van der Waals surface area contributed by atoms with Crippen molar-refractivity contribution in [2.24, 2.45) is 4.99 Å². The maximum absolute atomic E-state index is 5.57. The molecule has 1 atom stereocenters. The highest BCUT2D eigenvalue weighted by molar-refractivity contribution is 5.79. The first kappa shape index (κ1) is 19.6. The first-order chi connectivity index (χ1) is 12.2. The van der Waals surface area contributed by atoms with Gasteiger partial charge < -0.3 is 15.4 Å². The Labute approximate surface area is 152 Å². The first-order valence-electron chi connectivity index (χ1n) is 9.68. The van der Waals surface area contributed by atoms with Crippen molar-refractivity contribution < 1.29 is 4.74 Å². The smallest absolute Gasteiger partial charge is 0.191 e. The number of ether oxygens (including phenoxy) is 1. The molecule has 2 rings (SSSR count). The maximum atomic E-state index is 5.57. The Balaban J connectivity index is 1.83. The Morgan fingerprint density at radius 3 is 2.76 bits per heavy atom. The van der Waals surface area contributed by atoms with Gasteiger partial charge in [0.2, 0.25) is 0 Å². The van der Waals surface area contributed by atoms with Gasteiger partial charge in [0.05, 0.1) is 13.2 Å². The molecule has 0 aliphatic carbocycles. The van der Waals surface area contributed by atoms with E-state index in [1.807, 2.05) is 0 Å². The lowest BCUT2D eigenvalue weighted by atomic mass is 10.1. The Morgan fingerprint density at radius 2 is 2.04 bits per heavy atom. The molecule has 0 bridgehead atoms. The summed E-state index contributed by atoms with van der Waals surface area (Å²) in [7, 11) is 0. The number of fused-ring (bicyclic) bond motifs is 1. The molecule has 5 heteroatoms. The van der Waals surface area contributed by atoms with Crippen molar-refractivity contribution in [1.29, 1.82) is 0 Å². The minimum absolute atomic E-state index is 0.460. The van der Waals surface area contributed by atoms with E-state index in [-0.39, 0.29) is 0 Å². The van der Waals surface area contributed by atoms with E-state index in [2.05, 4.69) is 61.4 Å². The zero-order valence-corrected chi connectivity index (χ0v) is 16.3. The van der Waals surface area contributed by atoms with Gasteiger partial charge in [-0.05, 0) is 50.6 Å². The molecule has 1 heterocycles.